The Labute approximate surface area is 207 Å². The average Bonchev–Trinajstić information content (AvgIpc) is 2.87. The predicted octanol–water partition coefficient (Wildman–Crippen LogP) is 5.48. The van der Waals surface area contributed by atoms with Crippen LogP contribution in [0.3, 0.4) is 0 Å². The zero-order valence-corrected chi connectivity index (χ0v) is 20.6. The number of rotatable bonds is 8. The summed E-state index contributed by atoms with van der Waals surface area (Å²) < 4.78 is 26.1. The van der Waals surface area contributed by atoms with Crippen molar-refractivity contribution in [2.24, 2.45) is 0 Å². The highest BCUT2D eigenvalue weighted by molar-refractivity contribution is 7.92. The molecule has 0 aromatic heterocycles. The maximum Gasteiger partial charge on any atom is 0.252 e. The summed E-state index contributed by atoms with van der Waals surface area (Å²) in [5.41, 5.74) is 5.04. The number of hydrogen-bond donors (Lipinski definition) is 1. The third kappa shape index (κ3) is 6.16. The van der Waals surface area contributed by atoms with Crippen LogP contribution in [0.5, 0.6) is 0 Å². The fourth-order valence-corrected chi connectivity index (χ4v) is 4.79. The monoisotopic (exact) mass is 484 g/mol. The Morgan fingerprint density at radius 3 is 1.89 bits per heavy atom. The molecular formula is C29H28N2O3S. The number of carbonyl (C=O) groups is 1. The Morgan fingerprint density at radius 2 is 1.31 bits per heavy atom. The number of para-hydroxylation sites is 1. The first-order chi connectivity index (χ1) is 16.8. The Kier molecular flexibility index (Phi) is 7.32. The maximum atomic E-state index is 13.2. The molecule has 0 radical (unpaired) electrons. The highest BCUT2D eigenvalue weighted by atomic mass is 32.2. The van der Waals surface area contributed by atoms with Crippen LogP contribution in [0, 0.1) is 6.92 Å². The van der Waals surface area contributed by atoms with Crippen LogP contribution >= 0.6 is 0 Å². The van der Waals surface area contributed by atoms with Crippen molar-refractivity contribution in [2.45, 2.75) is 19.5 Å². The number of nitrogens with zero attached hydrogens (tertiary/aromatic N) is 1. The van der Waals surface area contributed by atoms with Crippen molar-refractivity contribution < 1.29 is 13.2 Å². The average molecular weight is 485 g/mol. The van der Waals surface area contributed by atoms with Crippen LogP contribution in [0.15, 0.2) is 109 Å². The molecule has 0 aliphatic rings. The first-order valence-corrected chi connectivity index (χ1v) is 13.2. The topological polar surface area (TPSA) is 66.5 Å². The highest BCUT2D eigenvalue weighted by Crippen LogP contribution is 2.24. The van der Waals surface area contributed by atoms with E-state index in [0.29, 0.717) is 11.3 Å². The van der Waals surface area contributed by atoms with Gasteiger partial charge in [0.05, 0.1) is 24.5 Å². The Hall–Kier alpha value is -3.90. The smallest absolute Gasteiger partial charge is 0.252 e. The van der Waals surface area contributed by atoms with Gasteiger partial charge in [-0.15, -0.1) is 0 Å². The summed E-state index contributed by atoms with van der Waals surface area (Å²) in [5, 5.41) is 3.15. The summed E-state index contributed by atoms with van der Waals surface area (Å²) in [6.07, 6.45) is 1.19. The molecule has 4 aromatic carbocycles. The lowest BCUT2D eigenvalue weighted by molar-refractivity contribution is 0.0943. The third-order valence-corrected chi connectivity index (χ3v) is 6.95. The van der Waals surface area contributed by atoms with Gasteiger partial charge in [0, 0.05) is 5.56 Å². The van der Waals surface area contributed by atoms with Gasteiger partial charge < -0.3 is 5.32 Å². The molecule has 0 fully saturated rings. The zero-order chi connectivity index (χ0) is 24.8. The summed E-state index contributed by atoms with van der Waals surface area (Å²) in [5.74, 6) is -0.200. The Morgan fingerprint density at radius 1 is 0.771 bits per heavy atom. The standard InChI is InChI=1S/C29H28N2O3S/c1-22-13-17-25(18-14-22)28(24-9-5-3-6-10-24)30-29(32)26-19-15-23(16-20-26)21-31(35(2,33)34)27-11-7-4-8-12-27/h3-20,28H,21H2,1-2H3,(H,30,32)/t28-/m0/s1. The quantitative estimate of drug-likeness (QED) is 0.360. The van der Waals surface area contributed by atoms with Crippen molar-refractivity contribution in [1.29, 1.82) is 0 Å². The number of amides is 1. The number of hydrogen-bond acceptors (Lipinski definition) is 3. The molecule has 0 aliphatic carbocycles. The van der Waals surface area contributed by atoms with Gasteiger partial charge in [0.1, 0.15) is 0 Å². The van der Waals surface area contributed by atoms with Crippen LogP contribution < -0.4 is 9.62 Å². The van der Waals surface area contributed by atoms with Gasteiger partial charge in [-0.05, 0) is 47.9 Å². The summed E-state index contributed by atoms with van der Waals surface area (Å²) in [7, 11) is -3.47. The summed E-state index contributed by atoms with van der Waals surface area (Å²) in [6.45, 7) is 2.21. The van der Waals surface area contributed by atoms with Gasteiger partial charge in [-0.1, -0.05) is 90.5 Å². The van der Waals surface area contributed by atoms with E-state index < -0.39 is 10.0 Å². The fourth-order valence-electron chi connectivity index (χ4n) is 3.90. The van der Waals surface area contributed by atoms with Gasteiger partial charge in [-0.25, -0.2) is 8.42 Å². The molecule has 0 heterocycles. The molecule has 1 amide bonds. The molecule has 4 aromatic rings. The van der Waals surface area contributed by atoms with E-state index in [0.717, 1.165) is 22.3 Å². The van der Waals surface area contributed by atoms with Gasteiger partial charge in [0.25, 0.3) is 5.91 Å². The van der Waals surface area contributed by atoms with Crippen molar-refractivity contribution in [1.82, 2.24) is 5.32 Å². The Bertz CT molecular complexity index is 1370. The summed E-state index contributed by atoms with van der Waals surface area (Å²) in [6, 6.07) is 33.7. The Balaban J connectivity index is 1.54. The molecule has 0 bridgehead atoms. The molecule has 0 unspecified atom stereocenters. The first-order valence-electron chi connectivity index (χ1n) is 11.4. The molecule has 6 heteroatoms. The summed E-state index contributed by atoms with van der Waals surface area (Å²) >= 11 is 0. The fraction of sp³-hybridized carbons (Fsp3) is 0.138. The number of benzene rings is 4. The first kappa shape index (κ1) is 24.2. The SMILES string of the molecule is Cc1ccc([C@@H](NC(=O)c2ccc(CN(c3ccccc3)S(C)(=O)=O)cc2)c2ccccc2)cc1. The zero-order valence-electron chi connectivity index (χ0n) is 19.8. The van der Waals surface area contributed by atoms with E-state index in [-0.39, 0.29) is 18.5 Å². The molecule has 178 valence electrons. The van der Waals surface area contributed by atoms with Gasteiger partial charge in [0.2, 0.25) is 10.0 Å². The van der Waals surface area contributed by atoms with Crippen molar-refractivity contribution in [3.8, 4) is 0 Å². The number of nitrogens with one attached hydrogen (secondary N) is 1. The normalized spacial score (nSPS) is 12.1. The highest BCUT2D eigenvalue weighted by Gasteiger charge is 2.20. The predicted molar refractivity (Wildman–Crippen MR) is 141 cm³/mol. The molecule has 0 aliphatic heterocycles. The number of carbonyl (C=O) groups excluding carboxylic acids is 1. The second-order valence-corrected chi connectivity index (χ2v) is 10.4. The summed E-state index contributed by atoms with van der Waals surface area (Å²) in [4.78, 5) is 13.2. The van der Waals surface area contributed by atoms with E-state index >= 15 is 0 Å². The largest absolute Gasteiger partial charge is 0.341 e. The van der Waals surface area contributed by atoms with E-state index in [1.54, 1.807) is 48.5 Å². The minimum atomic E-state index is -3.47. The van der Waals surface area contributed by atoms with Crippen molar-refractivity contribution in [3.63, 3.8) is 0 Å². The lowest BCUT2D eigenvalue weighted by Gasteiger charge is -2.23. The van der Waals surface area contributed by atoms with Crippen LogP contribution in [0.2, 0.25) is 0 Å². The van der Waals surface area contributed by atoms with Crippen molar-refractivity contribution in [2.75, 3.05) is 10.6 Å². The lowest BCUT2D eigenvalue weighted by atomic mass is 9.97. The van der Waals surface area contributed by atoms with Crippen LogP contribution in [0.1, 0.15) is 38.7 Å². The molecule has 0 saturated heterocycles. The van der Waals surface area contributed by atoms with E-state index in [1.165, 1.54) is 10.6 Å². The molecule has 1 atom stereocenters. The molecule has 5 nitrogen and oxygen atoms in total. The number of aryl methyl sites for hydroxylation is 1. The van der Waals surface area contributed by atoms with E-state index in [9.17, 15) is 13.2 Å². The lowest BCUT2D eigenvalue weighted by Crippen LogP contribution is -2.30. The van der Waals surface area contributed by atoms with Crippen molar-refractivity contribution >= 4 is 21.6 Å². The maximum absolute atomic E-state index is 13.2. The van der Waals surface area contributed by atoms with Gasteiger partial charge >= 0.3 is 0 Å². The van der Waals surface area contributed by atoms with Gasteiger partial charge in [0.15, 0.2) is 0 Å². The van der Waals surface area contributed by atoms with Crippen LogP contribution in [-0.2, 0) is 16.6 Å². The molecule has 0 saturated carbocycles. The van der Waals surface area contributed by atoms with Crippen LogP contribution in [0.4, 0.5) is 5.69 Å². The minimum Gasteiger partial charge on any atom is -0.341 e. The number of anilines is 1. The number of sulfonamides is 1. The van der Waals surface area contributed by atoms with Gasteiger partial charge in [-0.3, -0.25) is 9.10 Å². The second kappa shape index (κ2) is 10.6. The second-order valence-electron chi connectivity index (χ2n) is 8.53. The molecule has 1 N–H and O–H groups in total. The minimum absolute atomic E-state index is 0.181. The van der Waals surface area contributed by atoms with Gasteiger partial charge in [-0.2, -0.15) is 0 Å². The molecule has 35 heavy (non-hydrogen) atoms. The third-order valence-electron chi connectivity index (χ3n) is 5.81. The van der Waals surface area contributed by atoms with E-state index in [4.69, 9.17) is 0 Å². The van der Waals surface area contributed by atoms with E-state index in [2.05, 4.69) is 5.32 Å². The molecular weight excluding hydrogens is 456 g/mol. The van der Waals surface area contributed by atoms with Crippen LogP contribution in [-0.4, -0.2) is 20.6 Å². The molecule has 4 rings (SSSR count). The van der Waals surface area contributed by atoms with Crippen LogP contribution in [0.25, 0.3) is 0 Å². The molecule has 0 spiro atoms. The van der Waals surface area contributed by atoms with Crippen molar-refractivity contribution in [3.05, 3.63) is 137 Å². The van der Waals surface area contributed by atoms with E-state index in [1.807, 2.05) is 67.6 Å².